The van der Waals surface area contributed by atoms with Gasteiger partial charge in [-0.3, -0.25) is 0 Å². The van der Waals surface area contributed by atoms with E-state index in [1.165, 1.54) is 12.8 Å². The van der Waals surface area contributed by atoms with Crippen molar-refractivity contribution in [3.8, 4) is 0 Å². The zero-order valence-corrected chi connectivity index (χ0v) is 7.82. The predicted octanol–water partition coefficient (Wildman–Crippen LogP) is 1.70. The van der Waals surface area contributed by atoms with Crippen LogP contribution in [0.5, 0.6) is 0 Å². The first-order valence-electron chi connectivity index (χ1n) is 4.86. The van der Waals surface area contributed by atoms with Crippen LogP contribution in [0.1, 0.15) is 19.3 Å². The zero-order valence-electron chi connectivity index (χ0n) is 7.82. The van der Waals surface area contributed by atoms with Crippen molar-refractivity contribution in [3.05, 3.63) is 12.2 Å². The highest BCUT2D eigenvalue weighted by molar-refractivity contribution is 5.66. The number of carbonyl (C=O) groups excluding carboxylic acids is 1. The van der Waals surface area contributed by atoms with Gasteiger partial charge in [0.15, 0.2) is 0 Å². The minimum Gasteiger partial charge on any atom is -0.446 e. The minimum absolute atomic E-state index is 0.115. The van der Waals surface area contributed by atoms with Gasteiger partial charge in [0.25, 0.3) is 0 Å². The Morgan fingerprint density at radius 2 is 2.31 bits per heavy atom. The second kappa shape index (κ2) is 3.40. The van der Waals surface area contributed by atoms with Crippen molar-refractivity contribution >= 4 is 6.09 Å². The van der Waals surface area contributed by atoms with Crippen LogP contribution in [0.2, 0.25) is 0 Å². The molecule has 3 nitrogen and oxygen atoms in total. The van der Waals surface area contributed by atoms with E-state index < -0.39 is 0 Å². The molecular weight excluding hydrogens is 166 g/mol. The fourth-order valence-electron chi connectivity index (χ4n) is 2.21. The molecule has 72 valence electrons. The molecule has 1 N–H and O–H groups in total. The van der Waals surface area contributed by atoms with E-state index in [2.05, 4.69) is 17.5 Å². The molecule has 0 spiro atoms. The summed E-state index contributed by atoms with van der Waals surface area (Å²) in [5.74, 6) is 1.10. The van der Waals surface area contributed by atoms with Crippen molar-refractivity contribution in [3.63, 3.8) is 0 Å². The summed E-state index contributed by atoms with van der Waals surface area (Å²) in [6.45, 7) is 0. The van der Waals surface area contributed by atoms with E-state index in [9.17, 15) is 4.79 Å². The summed E-state index contributed by atoms with van der Waals surface area (Å²) < 4.78 is 5.27. The van der Waals surface area contributed by atoms with Crippen LogP contribution in [-0.4, -0.2) is 19.2 Å². The van der Waals surface area contributed by atoms with Crippen LogP contribution >= 0.6 is 0 Å². The molecule has 3 heteroatoms. The molecule has 0 aromatic carbocycles. The Morgan fingerprint density at radius 3 is 2.77 bits per heavy atom. The molecule has 0 radical (unpaired) electrons. The molecule has 0 saturated heterocycles. The number of hydrogen-bond acceptors (Lipinski definition) is 2. The van der Waals surface area contributed by atoms with Gasteiger partial charge in [-0.25, -0.2) is 4.79 Å². The summed E-state index contributed by atoms with van der Waals surface area (Å²) in [5, 5.41) is 2.49. The van der Waals surface area contributed by atoms with E-state index >= 15 is 0 Å². The highest BCUT2D eigenvalue weighted by atomic mass is 16.6. The van der Waals surface area contributed by atoms with Gasteiger partial charge >= 0.3 is 6.09 Å². The molecule has 3 unspecified atom stereocenters. The third-order valence-corrected chi connectivity index (χ3v) is 2.98. The normalized spacial score (nSPS) is 35.9. The van der Waals surface area contributed by atoms with Gasteiger partial charge in [-0.2, -0.15) is 0 Å². The maximum atomic E-state index is 11.0. The van der Waals surface area contributed by atoms with E-state index in [1.807, 2.05) is 0 Å². The van der Waals surface area contributed by atoms with Crippen molar-refractivity contribution in [1.29, 1.82) is 0 Å². The van der Waals surface area contributed by atoms with E-state index in [0.717, 1.165) is 6.42 Å². The average Bonchev–Trinajstić information content (AvgIpc) is 2.19. The summed E-state index contributed by atoms with van der Waals surface area (Å²) in [4.78, 5) is 11.0. The lowest BCUT2D eigenvalue weighted by Crippen LogP contribution is -2.37. The molecule has 3 atom stereocenters. The first-order valence-corrected chi connectivity index (χ1v) is 4.86. The monoisotopic (exact) mass is 181 g/mol. The second-order valence-electron chi connectivity index (χ2n) is 3.82. The number of fused-ring (bicyclic) bond motifs is 2. The van der Waals surface area contributed by atoms with Gasteiger partial charge in [0, 0.05) is 13.0 Å². The SMILES string of the molecule is CNC(=O)OC1CC2C=CC1CC2. The van der Waals surface area contributed by atoms with Crippen molar-refractivity contribution in [1.82, 2.24) is 5.32 Å². The van der Waals surface area contributed by atoms with Crippen molar-refractivity contribution < 1.29 is 9.53 Å². The van der Waals surface area contributed by atoms with E-state index in [-0.39, 0.29) is 12.2 Å². The summed E-state index contributed by atoms with van der Waals surface area (Å²) in [6.07, 6.45) is 7.71. The van der Waals surface area contributed by atoms with Crippen LogP contribution in [0.25, 0.3) is 0 Å². The van der Waals surface area contributed by atoms with Crippen LogP contribution in [0.4, 0.5) is 4.79 Å². The summed E-state index contributed by atoms with van der Waals surface area (Å²) in [7, 11) is 1.60. The van der Waals surface area contributed by atoms with Crippen molar-refractivity contribution in [2.45, 2.75) is 25.4 Å². The standard InChI is InChI=1S/C10H15NO2/c1-11-10(12)13-9-6-7-2-4-8(9)5-3-7/h2,4,7-9H,3,5-6H2,1H3,(H,11,12). The number of alkyl carbamates (subject to hydrolysis) is 1. The first kappa shape index (κ1) is 8.60. The molecule has 0 aromatic rings. The Balaban J connectivity index is 1.95. The van der Waals surface area contributed by atoms with Gasteiger partial charge in [0.1, 0.15) is 6.10 Å². The van der Waals surface area contributed by atoms with Gasteiger partial charge in [-0.1, -0.05) is 12.2 Å². The average molecular weight is 181 g/mol. The maximum absolute atomic E-state index is 11.0. The summed E-state index contributed by atoms with van der Waals surface area (Å²) in [5.41, 5.74) is 0. The fraction of sp³-hybridized carbons (Fsp3) is 0.700. The number of amides is 1. The lowest BCUT2D eigenvalue weighted by Gasteiger charge is -2.37. The Morgan fingerprint density at radius 1 is 1.46 bits per heavy atom. The summed E-state index contributed by atoms with van der Waals surface area (Å²) in [6, 6.07) is 0. The first-order chi connectivity index (χ1) is 6.29. The highest BCUT2D eigenvalue weighted by Gasteiger charge is 2.34. The number of allylic oxidation sites excluding steroid dienone is 1. The molecule has 0 aromatic heterocycles. The van der Waals surface area contributed by atoms with Gasteiger partial charge in [-0.05, 0) is 25.2 Å². The fourth-order valence-corrected chi connectivity index (χ4v) is 2.21. The van der Waals surface area contributed by atoms with Crippen LogP contribution < -0.4 is 5.32 Å². The number of carbonyl (C=O) groups is 1. The molecule has 1 saturated carbocycles. The predicted molar refractivity (Wildman–Crippen MR) is 49.3 cm³/mol. The molecule has 3 aliphatic carbocycles. The van der Waals surface area contributed by atoms with Crippen LogP contribution in [0.3, 0.4) is 0 Å². The molecule has 0 heterocycles. The summed E-state index contributed by atoms with van der Waals surface area (Å²) >= 11 is 0. The molecule has 0 aliphatic heterocycles. The smallest absolute Gasteiger partial charge is 0.407 e. The molecule has 3 aliphatic rings. The number of rotatable bonds is 1. The number of hydrogen-bond donors (Lipinski definition) is 1. The number of ether oxygens (including phenoxy) is 1. The largest absolute Gasteiger partial charge is 0.446 e. The molecule has 1 fully saturated rings. The third-order valence-electron chi connectivity index (χ3n) is 2.98. The highest BCUT2D eigenvalue weighted by Crippen LogP contribution is 2.37. The molecule has 2 bridgehead atoms. The second-order valence-corrected chi connectivity index (χ2v) is 3.82. The van der Waals surface area contributed by atoms with Crippen molar-refractivity contribution in [2.75, 3.05) is 7.05 Å². The molecule has 1 amide bonds. The zero-order chi connectivity index (χ0) is 9.26. The van der Waals surface area contributed by atoms with Crippen LogP contribution in [0.15, 0.2) is 12.2 Å². The topological polar surface area (TPSA) is 38.3 Å². The Bertz CT molecular complexity index is 237. The molecular formula is C10H15NO2. The lowest BCUT2D eigenvalue weighted by molar-refractivity contribution is 0.0366. The Hall–Kier alpha value is -0.990. The Kier molecular flexibility index (Phi) is 2.25. The maximum Gasteiger partial charge on any atom is 0.407 e. The van der Waals surface area contributed by atoms with E-state index in [1.54, 1.807) is 7.05 Å². The Labute approximate surface area is 78.1 Å². The third kappa shape index (κ3) is 1.69. The van der Waals surface area contributed by atoms with Gasteiger partial charge < -0.3 is 10.1 Å². The van der Waals surface area contributed by atoms with E-state index in [0.29, 0.717) is 11.8 Å². The van der Waals surface area contributed by atoms with Gasteiger partial charge in [0.2, 0.25) is 0 Å². The minimum atomic E-state index is -0.300. The van der Waals surface area contributed by atoms with E-state index in [4.69, 9.17) is 4.74 Å². The van der Waals surface area contributed by atoms with Crippen LogP contribution in [-0.2, 0) is 4.74 Å². The quantitative estimate of drug-likeness (QED) is 0.625. The van der Waals surface area contributed by atoms with Gasteiger partial charge in [-0.15, -0.1) is 0 Å². The number of nitrogens with one attached hydrogen (secondary N) is 1. The van der Waals surface area contributed by atoms with Gasteiger partial charge in [0.05, 0.1) is 0 Å². The lowest BCUT2D eigenvalue weighted by atomic mass is 9.74. The van der Waals surface area contributed by atoms with Crippen LogP contribution in [0, 0.1) is 11.8 Å². The molecule has 13 heavy (non-hydrogen) atoms. The van der Waals surface area contributed by atoms with Crippen molar-refractivity contribution in [2.24, 2.45) is 11.8 Å². The molecule has 3 rings (SSSR count).